The number of benzene rings is 1. The molecule has 124 valence electrons. The van der Waals surface area contributed by atoms with Gasteiger partial charge in [-0.2, -0.15) is 11.3 Å². The van der Waals surface area contributed by atoms with Crippen molar-refractivity contribution in [3.63, 3.8) is 0 Å². The summed E-state index contributed by atoms with van der Waals surface area (Å²) in [6, 6.07) is 14.8. The molecule has 2 aromatic heterocycles. The summed E-state index contributed by atoms with van der Waals surface area (Å²) in [5, 5.41) is 19.6. The summed E-state index contributed by atoms with van der Waals surface area (Å²) in [5.74, 6) is 0.364. The highest BCUT2D eigenvalue weighted by molar-refractivity contribution is 7.10. The molecular weight excluding hydrogens is 342 g/mol. The van der Waals surface area contributed by atoms with E-state index >= 15 is 0 Å². The molecule has 3 rings (SSSR count). The van der Waals surface area contributed by atoms with Crippen LogP contribution in [-0.4, -0.2) is 24.2 Å². The third-order valence-electron chi connectivity index (χ3n) is 3.58. The normalized spacial score (nSPS) is 13.2. The van der Waals surface area contributed by atoms with Gasteiger partial charge < -0.3 is 15.2 Å². The Morgan fingerprint density at radius 1 is 1.12 bits per heavy atom. The van der Waals surface area contributed by atoms with Crippen LogP contribution >= 0.6 is 22.7 Å². The van der Waals surface area contributed by atoms with E-state index in [0.717, 1.165) is 10.4 Å². The van der Waals surface area contributed by atoms with Gasteiger partial charge in [0.2, 0.25) is 0 Å². The minimum Gasteiger partial charge on any atom is -0.484 e. The van der Waals surface area contributed by atoms with E-state index in [-0.39, 0.29) is 19.1 Å². The van der Waals surface area contributed by atoms with Gasteiger partial charge in [-0.1, -0.05) is 24.3 Å². The van der Waals surface area contributed by atoms with Crippen molar-refractivity contribution in [2.24, 2.45) is 0 Å². The Balaban J connectivity index is 1.63. The first-order valence-corrected chi connectivity index (χ1v) is 9.24. The van der Waals surface area contributed by atoms with Crippen LogP contribution in [0.25, 0.3) is 0 Å². The molecule has 0 fully saturated rings. The summed E-state index contributed by atoms with van der Waals surface area (Å²) in [6.45, 7) is 0.00933. The Labute approximate surface area is 148 Å². The number of carbonyl (C=O) groups excluding carboxylic acids is 1. The molecular formula is C18H17NO3S2. The van der Waals surface area contributed by atoms with Crippen LogP contribution in [0.1, 0.15) is 10.4 Å². The number of rotatable bonds is 7. The average molecular weight is 359 g/mol. The molecule has 1 atom stereocenters. The van der Waals surface area contributed by atoms with Crippen LogP contribution in [0.5, 0.6) is 5.75 Å². The molecule has 3 aromatic rings. The fourth-order valence-electron chi connectivity index (χ4n) is 2.29. The van der Waals surface area contributed by atoms with Crippen LogP contribution in [-0.2, 0) is 10.4 Å². The Kier molecular flexibility index (Phi) is 5.30. The number of amides is 1. The van der Waals surface area contributed by atoms with Gasteiger partial charge in [0.15, 0.2) is 6.61 Å². The van der Waals surface area contributed by atoms with Gasteiger partial charge in [-0.25, -0.2) is 0 Å². The molecule has 1 aromatic carbocycles. The largest absolute Gasteiger partial charge is 0.484 e. The topological polar surface area (TPSA) is 58.6 Å². The fraction of sp³-hybridized carbons (Fsp3) is 0.167. The maximum atomic E-state index is 12.1. The summed E-state index contributed by atoms with van der Waals surface area (Å²) in [6.07, 6.45) is 0. The molecule has 0 radical (unpaired) electrons. The molecule has 24 heavy (non-hydrogen) atoms. The zero-order chi connectivity index (χ0) is 16.8. The molecule has 2 heterocycles. The van der Waals surface area contributed by atoms with Crippen molar-refractivity contribution in [2.75, 3.05) is 13.2 Å². The molecule has 0 spiro atoms. The number of ether oxygens (including phenoxy) is 1. The fourth-order valence-corrected chi connectivity index (χ4v) is 3.86. The van der Waals surface area contributed by atoms with E-state index in [9.17, 15) is 9.90 Å². The average Bonchev–Trinajstić information content (AvgIpc) is 3.32. The Bertz CT molecular complexity index is 721. The van der Waals surface area contributed by atoms with Crippen LogP contribution in [0.15, 0.2) is 64.7 Å². The molecule has 0 bridgehead atoms. The Morgan fingerprint density at radius 3 is 2.62 bits per heavy atom. The smallest absolute Gasteiger partial charge is 0.258 e. The zero-order valence-corrected chi connectivity index (χ0v) is 14.5. The third kappa shape index (κ3) is 3.84. The van der Waals surface area contributed by atoms with Crippen molar-refractivity contribution in [3.05, 3.63) is 75.1 Å². The summed E-state index contributed by atoms with van der Waals surface area (Å²) in [5.41, 5.74) is -0.449. The summed E-state index contributed by atoms with van der Waals surface area (Å²) >= 11 is 2.97. The highest BCUT2D eigenvalue weighted by atomic mass is 32.1. The van der Waals surface area contributed by atoms with Gasteiger partial charge in [0.25, 0.3) is 5.91 Å². The highest BCUT2D eigenvalue weighted by Crippen LogP contribution is 2.33. The first kappa shape index (κ1) is 16.7. The maximum absolute atomic E-state index is 12.1. The number of hydrogen-bond acceptors (Lipinski definition) is 5. The van der Waals surface area contributed by atoms with Crippen LogP contribution < -0.4 is 10.1 Å². The predicted octanol–water partition coefficient (Wildman–Crippen LogP) is 3.24. The molecule has 6 heteroatoms. The molecule has 1 amide bonds. The second-order valence-electron chi connectivity index (χ2n) is 5.23. The standard InChI is InChI=1S/C18H17NO3S2/c20-17(11-22-15-5-2-1-3-6-15)19-13-18(21,14-8-10-23-12-14)16-7-4-9-24-16/h1-10,12,21H,11,13H2,(H,19,20). The lowest BCUT2D eigenvalue weighted by molar-refractivity contribution is -0.124. The molecule has 0 aliphatic heterocycles. The minimum atomic E-state index is -1.23. The first-order chi connectivity index (χ1) is 11.7. The number of hydrogen-bond donors (Lipinski definition) is 2. The van der Waals surface area contributed by atoms with Crippen LogP contribution in [0, 0.1) is 0 Å². The van der Waals surface area contributed by atoms with E-state index in [1.54, 1.807) is 12.1 Å². The van der Waals surface area contributed by atoms with Crippen molar-refractivity contribution in [1.29, 1.82) is 0 Å². The maximum Gasteiger partial charge on any atom is 0.258 e. The van der Waals surface area contributed by atoms with E-state index in [1.807, 2.05) is 52.5 Å². The Hall–Kier alpha value is -2.15. The summed E-state index contributed by atoms with van der Waals surface area (Å²) in [7, 11) is 0. The van der Waals surface area contributed by atoms with Crippen LogP contribution in [0.3, 0.4) is 0 Å². The monoisotopic (exact) mass is 359 g/mol. The van der Waals surface area contributed by atoms with Crippen molar-refractivity contribution >= 4 is 28.6 Å². The number of thiophene rings is 2. The quantitative estimate of drug-likeness (QED) is 0.681. The van der Waals surface area contributed by atoms with E-state index in [0.29, 0.717) is 5.75 Å². The van der Waals surface area contributed by atoms with E-state index in [2.05, 4.69) is 5.32 Å². The SMILES string of the molecule is O=C(COc1ccccc1)NCC(O)(c1ccsc1)c1cccs1. The van der Waals surface area contributed by atoms with Crippen molar-refractivity contribution in [3.8, 4) is 5.75 Å². The zero-order valence-electron chi connectivity index (χ0n) is 12.8. The lowest BCUT2D eigenvalue weighted by Gasteiger charge is -2.27. The minimum absolute atomic E-state index is 0.0891. The predicted molar refractivity (Wildman–Crippen MR) is 96.6 cm³/mol. The van der Waals surface area contributed by atoms with E-state index in [1.165, 1.54) is 22.7 Å². The molecule has 2 N–H and O–H groups in total. The number of carbonyl (C=O) groups is 1. The van der Waals surface area contributed by atoms with Crippen molar-refractivity contribution < 1.29 is 14.6 Å². The van der Waals surface area contributed by atoms with E-state index < -0.39 is 5.60 Å². The highest BCUT2D eigenvalue weighted by Gasteiger charge is 2.33. The van der Waals surface area contributed by atoms with Gasteiger partial charge >= 0.3 is 0 Å². The first-order valence-electron chi connectivity index (χ1n) is 7.42. The Morgan fingerprint density at radius 2 is 1.96 bits per heavy atom. The second kappa shape index (κ2) is 7.61. The van der Waals surface area contributed by atoms with Gasteiger partial charge in [-0.3, -0.25) is 4.79 Å². The van der Waals surface area contributed by atoms with Gasteiger partial charge in [-0.05, 0) is 40.4 Å². The summed E-state index contributed by atoms with van der Waals surface area (Å²) < 4.78 is 5.43. The number of nitrogens with one attached hydrogen (secondary N) is 1. The van der Waals surface area contributed by atoms with Gasteiger partial charge in [0.05, 0.1) is 6.54 Å². The molecule has 0 saturated heterocycles. The second-order valence-corrected chi connectivity index (χ2v) is 6.96. The van der Waals surface area contributed by atoms with Crippen molar-refractivity contribution in [2.45, 2.75) is 5.60 Å². The van der Waals surface area contributed by atoms with E-state index in [4.69, 9.17) is 4.74 Å². The molecule has 0 saturated carbocycles. The van der Waals surface area contributed by atoms with Crippen LogP contribution in [0.4, 0.5) is 0 Å². The molecule has 0 aliphatic carbocycles. The molecule has 4 nitrogen and oxygen atoms in total. The van der Waals surface area contributed by atoms with Crippen LogP contribution in [0.2, 0.25) is 0 Å². The lowest BCUT2D eigenvalue weighted by Crippen LogP contribution is -2.42. The molecule has 1 unspecified atom stereocenters. The van der Waals surface area contributed by atoms with Gasteiger partial charge in [-0.15, -0.1) is 11.3 Å². The number of para-hydroxylation sites is 1. The molecule has 0 aliphatic rings. The summed E-state index contributed by atoms with van der Waals surface area (Å²) in [4.78, 5) is 12.9. The van der Waals surface area contributed by atoms with Gasteiger partial charge in [0, 0.05) is 10.4 Å². The third-order valence-corrected chi connectivity index (χ3v) is 5.29. The van der Waals surface area contributed by atoms with Gasteiger partial charge in [0.1, 0.15) is 11.4 Å². The number of aliphatic hydroxyl groups is 1. The van der Waals surface area contributed by atoms with Crippen molar-refractivity contribution in [1.82, 2.24) is 5.32 Å². The lowest BCUT2D eigenvalue weighted by atomic mass is 9.94.